The molecular formula is C22H32FN5O2. The first kappa shape index (κ1) is 22.2. The van der Waals surface area contributed by atoms with E-state index in [1.807, 2.05) is 26.1 Å². The van der Waals surface area contributed by atoms with Crippen molar-refractivity contribution in [1.29, 1.82) is 0 Å². The number of benzene rings is 1. The molecule has 7 nitrogen and oxygen atoms in total. The predicted molar refractivity (Wildman–Crippen MR) is 115 cm³/mol. The molecule has 8 heteroatoms. The van der Waals surface area contributed by atoms with Gasteiger partial charge >= 0.3 is 0 Å². The molecule has 1 unspecified atom stereocenters. The zero-order chi connectivity index (χ0) is 21.6. The second-order valence-corrected chi connectivity index (χ2v) is 8.12. The summed E-state index contributed by atoms with van der Waals surface area (Å²) in [6.45, 7) is 6.61. The van der Waals surface area contributed by atoms with Crippen LogP contribution in [0.15, 0.2) is 41.7 Å². The SMILES string of the molecule is CCNC(=NCC(C)(O)c1cnn(C)c1)NCC1(c2ccc(F)cc2)CCOCC1. The molecule has 0 spiro atoms. The third-order valence-corrected chi connectivity index (χ3v) is 5.72. The summed E-state index contributed by atoms with van der Waals surface area (Å²) in [5.74, 6) is 0.399. The third kappa shape index (κ3) is 5.37. The number of aliphatic imine (C=N–C) groups is 1. The number of hydrogen-bond donors (Lipinski definition) is 3. The summed E-state index contributed by atoms with van der Waals surface area (Å²) in [6.07, 6.45) is 5.14. The smallest absolute Gasteiger partial charge is 0.191 e. The number of nitrogens with one attached hydrogen (secondary N) is 2. The van der Waals surface area contributed by atoms with Gasteiger partial charge in [0, 0.05) is 50.5 Å². The van der Waals surface area contributed by atoms with Crippen molar-refractivity contribution in [1.82, 2.24) is 20.4 Å². The number of halogens is 1. The minimum Gasteiger partial charge on any atom is -0.383 e. The zero-order valence-corrected chi connectivity index (χ0v) is 18.0. The summed E-state index contributed by atoms with van der Waals surface area (Å²) in [6, 6.07) is 6.74. The van der Waals surface area contributed by atoms with E-state index in [0.29, 0.717) is 32.3 Å². The molecule has 2 heterocycles. The Morgan fingerprint density at radius 3 is 2.60 bits per heavy atom. The van der Waals surface area contributed by atoms with E-state index in [4.69, 9.17) is 4.74 Å². The monoisotopic (exact) mass is 417 g/mol. The van der Waals surface area contributed by atoms with Gasteiger partial charge in [-0.15, -0.1) is 0 Å². The lowest BCUT2D eigenvalue weighted by molar-refractivity contribution is 0.0513. The minimum absolute atomic E-state index is 0.159. The van der Waals surface area contributed by atoms with Gasteiger partial charge in [0.2, 0.25) is 0 Å². The van der Waals surface area contributed by atoms with Gasteiger partial charge in [0.05, 0.1) is 12.7 Å². The van der Waals surface area contributed by atoms with Crippen molar-refractivity contribution in [3.63, 3.8) is 0 Å². The van der Waals surface area contributed by atoms with E-state index in [9.17, 15) is 9.50 Å². The summed E-state index contributed by atoms with van der Waals surface area (Å²) in [5.41, 5.74) is 0.535. The van der Waals surface area contributed by atoms with E-state index >= 15 is 0 Å². The number of aromatic nitrogens is 2. The van der Waals surface area contributed by atoms with Gasteiger partial charge in [-0.05, 0) is 44.4 Å². The Morgan fingerprint density at radius 1 is 1.30 bits per heavy atom. The van der Waals surface area contributed by atoms with Crippen LogP contribution >= 0.6 is 0 Å². The maximum atomic E-state index is 13.4. The molecule has 2 aromatic rings. The molecule has 0 aliphatic carbocycles. The molecule has 0 radical (unpaired) electrons. The van der Waals surface area contributed by atoms with Crippen LogP contribution in [0.4, 0.5) is 4.39 Å². The topological polar surface area (TPSA) is 83.7 Å². The Morgan fingerprint density at radius 2 is 2.00 bits per heavy atom. The number of aliphatic hydroxyl groups is 1. The van der Waals surface area contributed by atoms with Crippen molar-refractivity contribution in [3.05, 3.63) is 53.6 Å². The number of rotatable bonds is 7. The van der Waals surface area contributed by atoms with E-state index in [1.165, 1.54) is 12.1 Å². The maximum Gasteiger partial charge on any atom is 0.191 e. The average molecular weight is 418 g/mol. The fraction of sp³-hybridized carbons (Fsp3) is 0.545. The summed E-state index contributed by atoms with van der Waals surface area (Å²) in [7, 11) is 1.82. The van der Waals surface area contributed by atoms with Crippen LogP contribution in [-0.2, 0) is 22.8 Å². The van der Waals surface area contributed by atoms with Gasteiger partial charge in [0.15, 0.2) is 5.96 Å². The predicted octanol–water partition coefficient (Wildman–Crippen LogP) is 2.07. The Labute approximate surface area is 177 Å². The maximum absolute atomic E-state index is 13.4. The highest BCUT2D eigenvalue weighted by atomic mass is 19.1. The minimum atomic E-state index is -1.12. The Kier molecular flexibility index (Phi) is 7.10. The standard InChI is InChI=1S/C22H32FN5O2/c1-4-24-20(25-15-21(2,29)18-13-27-28(3)14-18)26-16-22(9-11-30-12-10-22)17-5-7-19(23)8-6-17/h5-8,13-14,29H,4,9-12,15-16H2,1-3H3,(H2,24,25,26). The molecule has 30 heavy (non-hydrogen) atoms. The molecule has 1 saturated heterocycles. The molecule has 1 aliphatic rings. The average Bonchev–Trinajstić information content (AvgIpc) is 3.19. The summed E-state index contributed by atoms with van der Waals surface area (Å²) in [5, 5.41) is 21.6. The Bertz CT molecular complexity index is 841. The van der Waals surface area contributed by atoms with Crippen molar-refractivity contribution < 1.29 is 14.2 Å². The summed E-state index contributed by atoms with van der Waals surface area (Å²) >= 11 is 0. The molecule has 1 fully saturated rings. The number of hydrogen-bond acceptors (Lipinski definition) is 4. The van der Waals surface area contributed by atoms with E-state index in [1.54, 1.807) is 24.0 Å². The van der Waals surface area contributed by atoms with Crippen molar-refractivity contribution in [2.75, 3.05) is 32.8 Å². The van der Waals surface area contributed by atoms with Gasteiger partial charge in [0.1, 0.15) is 11.4 Å². The molecule has 3 N–H and O–H groups in total. The number of guanidine groups is 1. The molecular weight excluding hydrogens is 385 g/mol. The second kappa shape index (κ2) is 9.57. The van der Waals surface area contributed by atoms with Crippen molar-refractivity contribution >= 4 is 5.96 Å². The molecule has 3 rings (SSSR count). The number of aryl methyl sites for hydroxylation is 1. The van der Waals surface area contributed by atoms with Crippen LogP contribution in [0.5, 0.6) is 0 Å². The van der Waals surface area contributed by atoms with Crippen molar-refractivity contribution in [3.8, 4) is 0 Å². The van der Waals surface area contributed by atoms with Crippen LogP contribution < -0.4 is 10.6 Å². The number of ether oxygens (including phenoxy) is 1. The van der Waals surface area contributed by atoms with Crippen molar-refractivity contribution in [2.24, 2.45) is 12.0 Å². The van der Waals surface area contributed by atoms with E-state index in [-0.39, 0.29) is 17.8 Å². The fourth-order valence-corrected chi connectivity index (χ4v) is 3.75. The van der Waals surface area contributed by atoms with Crippen LogP contribution in [0.1, 0.15) is 37.8 Å². The molecule has 0 bridgehead atoms. The van der Waals surface area contributed by atoms with E-state index in [2.05, 4.69) is 20.7 Å². The van der Waals surface area contributed by atoms with Gasteiger partial charge in [-0.3, -0.25) is 4.68 Å². The van der Waals surface area contributed by atoms with Crippen LogP contribution in [0, 0.1) is 5.82 Å². The molecule has 1 atom stereocenters. The summed E-state index contributed by atoms with van der Waals surface area (Å²) < 4.78 is 20.7. The Hall–Kier alpha value is -2.45. The summed E-state index contributed by atoms with van der Waals surface area (Å²) in [4.78, 5) is 4.61. The quantitative estimate of drug-likeness (QED) is 0.475. The van der Waals surface area contributed by atoms with Gasteiger partial charge in [-0.1, -0.05) is 12.1 Å². The highest BCUT2D eigenvalue weighted by molar-refractivity contribution is 5.80. The zero-order valence-electron chi connectivity index (χ0n) is 18.0. The lowest BCUT2D eigenvalue weighted by Gasteiger charge is -2.38. The molecule has 1 aromatic heterocycles. The van der Waals surface area contributed by atoms with Crippen LogP contribution in [0.2, 0.25) is 0 Å². The lowest BCUT2D eigenvalue weighted by Crippen LogP contribution is -2.48. The van der Waals surface area contributed by atoms with Crippen LogP contribution in [-0.4, -0.2) is 53.7 Å². The highest BCUT2D eigenvalue weighted by Crippen LogP contribution is 2.34. The van der Waals surface area contributed by atoms with Crippen LogP contribution in [0.3, 0.4) is 0 Å². The number of nitrogens with zero attached hydrogens (tertiary/aromatic N) is 3. The van der Waals surface area contributed by atoms with E-state index in [0.717, 1.165) is 24.0 Å². The second-order valence-electron chi connectivity index (χ2n) is 8.12. The third-order valence-electron chi connectivity index (χ3n) is 5.72. The fourth-order valence-electron chi connectivity index (χ4n) is 3.75. The normalized spacial score (nSPS) is 18.6. The molecule has 1 aliphatic heterocycles. The van der Waals surface area contributed by atoms with E-state index < -0.39 is 5.60 Å². The highest BCUT2D eigenvalue weighted by Gasteiger charge is 2.35. The van der Waals surface area contributed by atoms with Crippen molar-refractivity contribution in [2.45, 2.75) is 37.7 Å². The molecule has 1 aromatic carbocycles. The van der Waals surface area contributed by atoms with Crippen LogP contribution in [0.25, 0.3) is 0 Å². The molecule has 164 valence electrons. The van der Waals surface area contributed by atoms with Gasteiger partial charge in [-0.25, -0.2) is 9.38 Å². The largest absolute Gasteiger partial charge is 0.383 e. The van der Waals surface area contributed by atoms with Gasteiger partial charge < -0.3 is 20.5 Å². The molecule has 0 amide bonds. The Balaban J connectivity index is 1.74. The first-order valence-corrected chi connectivity index (χ1v) is 10.4. The molecule has 0 saturated carbocycles. The first-order chi connectivity index (χ1) is 14.3. The van der Waals surface area contributed by atoms with Gasteiger partial charge in [-0.2, -0.15) is 5.10 Å². The first-order valence-electron chi connectivity index (χ1n) is 10.4. The van der Waals surface area contributed by atoms with Gasteiger partial charge in [0.25, 0.3) is 0 Å². The lowest BCUT2D eigenvalue weighted by atomic mass is 9.74.